The van der Waals surface area contributed by atoms with E-state index in [1.54, 1.807) is 0 Å². The molecule has 27 heavy (non-hydrogen) atoms. The molecule has 0 amide bonds. The summed E-state index contributed by atoms with van der Waals surface area (Å²) in [6.07, 6.45) is 14.3. The standard InChI is InChI=1S/C27H24/c1-18-6-11-26-21(4)16-22(13-18)8-10-23-9-5-19(2)14-24(23)17-25-15-20(3)7-12-27(25)26/h5-7,9-17H,2,4,8H2,1,3H3/b11-6?,18-13?,22-16?,23-10-,25-17-,27-26-. The first-order valence-electron chi connectivity index (χ1n) is 9.38. The van der Waals surface area contributed by atoms with Crippen molar-refractivity contribution in [3.8, 4) is 0 Å². The number of hydrogen-bond acceptors (Lipinski definition) is 0. The largest absolute Gasteiger partial charge is 0.0917 e. The zero-order valence-corrected chi connectivity index (χ0v) is 16.0. The van der Waals surface area contributed by atoms with Gasteiger partial charge in [-0.1, -0.05) is 85.0 Å². The molecule has 0 saturated heterocycles. The maximum atomic E-state index is 4.38. The van der Waals surface area contributed by atoms with E-state index in [0.29, 0.717) is 0 Å². The van der Waals surface area contributed by atoms with Gasteiger partial charge in [-0.3, -0.25) is 0 Å². The van der Waals surface area contributed by atoms with Gasteiger partial charge in [0.05, 0.1) is 0 Å². The number of hydrogen-bond donors (Lipinski definition) is 0. The molecular formula is C27H24. The Morgan fingerprint density at radius 2 is 1.67 bits per heavy atom. The van der Waals surface area contributed by atoms with Crippen LogP contribution in [0, 0.1) is 6.92 Å². The van der Waals surface area contributed by atoms with E-state index in [1.165, 1.54) is 43.5 Å². The van der Waals surface area contributed by atoms with E-state index >= 15 is 0 Å². The first-order chi connectivity index (χ1) is 13.0. The van der Waals surface area contributed by atoms with Crippen LogP contribution in [0.15, 0.2) is 84.0 Å². The molecule has 0 spiro atoms. The van der Waals surface area contributed by atoms with Gasteiger partial charge in [0.15, 0.2) is 0 Å². The van der Waals surface area contributed by atoms with Crippen LogP contribution in [0.3, 0.4) is 0 Å². The third-order valence-electron chi connectivity index (χ3n) is 5.15. The van der Waals surface area contributed by atoms with Gasteiger partial charge < -0.3 is 0 Å². The van der Waals surface area contributed by atoms with Crippen LogP contribution in [0.25, 0.3) is 24.3 Å². The molecule has 0 unspecified atom stereocenters. The lowest BCUT2D eigenvalue weighted by molar-refractivity contribution is 1.30. The maximum absolute atomic E-state index is 4.38. The molecule has 0 aromatic heterocycles. The third kappa shape index (κ3) is 3.57. The highest BCUT2D eigenvalue weighted by Gasteiger charge is 2.06. The number of benzene rings is 2. The van der Waals surface area contributed by atoms with E-state index in [2.05, 4.69) is 99.9 Å². The minimum absolute atomic E-state index is 0.879. The van der Waals surface area contributed by atoms with E-state index in [4.69, 9.17) is 0 Å². The molecule has 2 bridgehead atoms. The molecule has 2 aliphatic rings. The zero-order valence-electron chi connectivity index (χ0n) is 16.0. The number of aryl methyl sites for hydroxylation is 1. The Balaban J connectivity index is 2.23. The molecule has 0 saturated carbocycles. The van der Waals surface area contributed by atoms with Crippen molar-refractivity contribution >= 4 is 24.3 Å². The minimum Gasteiger partial charge on any atom is -0.0917 e. The van der Waals surface area contributed by atoms with Crippen LogP contribution in [0.4, 0.5) is 0 Å². The second kappa shape index (κ2) is 6.89. The molecule has 0 nitrogen and oxygen atoms in total. The molecule has 0 radical (unpaired) electrons. The Morgan fingerprint density at radius 3 is 2.52 bits per heavy atom. The number of allylic oxidation sites excluding steroid dienone is 7. The average molecular weight is 348 g/mol. The second-order valence-electron chi connectivity index (χ2n) is 7.49. The summed E-state index contributed by atoms with van der Waals surface area (Å²) in [7, 11) is 0. The summed E-state index contributed by atoms with van der Waals surface area (Å²) in [5.41, 5.74) is 7.24. The molecule has 2 aliphatic carbocycles. The molecule has 0 heterocycles. The van der Waals surface area contributed by atoms with Gasteiger partial charge in [-0.25, -0.2) is 0 Å². The third-order valence-corrected chi connectivity index (χ3v) is 5.15. The fraction of sp³-hybridized carbons (Fsp3) is 0.111. The quantitative estimate of drug-likeness (QED) is 0.683. The van der Waals surface area contributed by atoms with Crippen LogP contribution in [0.1, 0.15) is 24.5 Å². The lowest BCUT2D eigenvalue weighted by Gasteiger charge is -2.10. The fourth-order valence-corrected chi connectivity index (χ4v) is 3.76. The highest BCUT2D eigenvalue weighted by molar-refractivity contribution is 5.78. The van der Waals surface area contributed by atoms with Gasteiger partial charge in [-0.15, -0.1) is 0 Å². The summed E-state index contributed by atoms with van der Waals surface area (Å²) in [5.74, 6) is 0. The van der Waals surface area contributed by atoms with Crippen LogP contribution >= 0.6 is 0 Å². The molecule has 4 rings (SSSR count). The fourth-order valence-electron chi connectivity index (χ4n) is 3.76. The van der Waals surface area contributed by atoms with E-state index in [1.807, 2.05) is 0 Å². The first-order valence-corrected chi connectivity index (χ1v) is 9.38. The topological polar surface area (TPSA) is 0 Å². The van der Waals surface area contributed by atoms with Crippen LogP contribution in [-0.4, -0.2) is 0 Å². The summed E-state index contributed by atoms with van der Waals surface area (Å²) in [6.45, 7) is 12.8. The summed E-state index contributed by atoms with van der Waals surface area (Å²) in [5, 5.41) is 4.71. The maximum Gasteiger partial charge on any atom is -0.00879 e. The predicted octanol–water partition coefficient (Wildman–Crippen LogP) is 3.57. The lowest BCUT2D eigenvalue weighted by atomic mass is 9.95. The van der Waals surface area contributed by atoms with Gasteiger partial charge in [-0.2, -0.15) is 0 Å². The van der Waals surface area contributed by atoms with Crippen LogP contribution < -0.4 is 20.9 Å². The Bertz CT molecular complexity index is 1270. The van der Waals surface area contributed by atoms with Crippen molar-refractivity contribution in [2.75, 3.05) is 0 Å². The van der Waals surface area contributed by atoms with Gasteiger partial charge in [-0.05, 0) is 75.6 Å². The molecule has 132 valence electrons. The molecule has 2 aromatic carbocycles. The summed E-state index contributed by atoms with van der Waals surface area (Å²) in [6, 6.07) is 13.1. The average Bonchev–Trinajstić information content (AvgIpc) is 2.61. The van der Waals surface area contributed by atoms with E-state index in [-0.39, 0.29) is 0 Å². The summed E-state index contributed by atoms with van der Waals surface area (Å²) >= 11 is 0. The van der Waals surface area contributed by atoms with E-state index in [0.717, 1.165) is 17.2 Å². The predicted molar refractivity (Wildman–Crippen MR) is 118 cm³/mol. The van der Waals surface area contributed by atoms with Crippen molar-refractivity contribution in [3.63, 3.8) is 0 Å². The van der Waals surface area contributed by atoms with E-state index < -0.39 is 0 Å². The second-order valence-corrected chi connectivity index (χ2v) is 7.49. The van der Waals surface area contributed by atoms with Crippen LogP contribution in [0.5, 0.6) is 0 Å². The summed E-state index contributed by atoms with van der Waals surface area (Å²) < 4.78 is 0. The van der Waals surface area contributed by atoms with Gasteiger partial charge in [0.2, 0.25) is 0 Å². The highest BCUT2D eigenvalue weighted by Crippen LogP contribution is 2.21. The lowest BCUT2D eigenvalue weighted by Crippen LogP contribution is -2.28. The SMILES string of the molecule is C=C1C=C2C=C(C)C=C/C1=c1\ccc(C)c\c1=C\c1cc(=C)cc/c1=C/C2. The van der Waals surface area contributed by atoms with Gasteiger partial charge in [0.25, 0.3) is 0 Å². The molecule has 2 aromatic rings. The van der Waals surface area contributed by atoms with Gasteiger partial charge in [0, 0.05) is 0 Å². The van der Waals surface area contributed by atoms with Crippen molar-refractivity contribution in [1.29, 1.82) is 0 Å². The van der Waals surface area contributed by atoms with Gasteiger partial charge in [0.1, 0.15) is 0 Å². The van der Waals surface area contributed by atoms with Crippen LogP contribution in [-0.2, 0) is 0 Å². The van der Waals surface area contributed by atoms with E-state index in [9.17, 15) is 0 Å². The summed E-state index contributed by atoms with van der Waals surface area (Å²) in [4.78, 5) is 0. The Labute approximate surface area is 160 Å². The first kappa shape index (κ1) is 17.3. The van der Waals surface area contributed by atoms with Crippen molar-refractivity contribution < 1.29 is 0 Å². The van der Waals surface area contributed by atoms with Crippen LogP contribution in [0.2, 0.25) is 0 Å². The number of fused-ring (bicyclic) bond motifs is 4. The zero-order chi connectivity index (χ0) is 19.0. The molecule has 0 atom stereocenters. The van der Waals surface area contributed by atoms with Crippen molar-refractivity contribution in [2.45, 2.75) is 20.3 Å². The molecular weight excluding hydrogens is 324 g/mol. The van der Waals surface area contributed by atoms with Gasteiger partial charge >= 0.3 is 0 Å². The normalized spacial score (nSPS) is 20.4. The molecule has 0 fully saturated rings. The van der Waals surface area contributed by atoms with Crippen molar-refractivity contribution in [2.24, 2.45) is 0 Å². The monoisotopic (exact) mass is 348 g/mol. The van der Waals surface area contributed by atoms with Crippen molar-refractivity contribution in [3.05, 3.63) is 116 Å². The number of rotatable bonds is 0. The Hall–Kier alpha value is -3.12. The Kier molecular flexibility index (Phi) is 4.41. The highest BCUT2D eigenvalue weighted by atomic mass is 14.1. The Morgan fingerprint density at radius 1 is 0.815 bits per heavy atom. The van der Waals surface area contributed by atoms with Crippen molar-refractivity contribution in [1.82, 2.24) is 0 Å². The minimum atomic E-state index is 0.879. The molecule has 0 aliphatic heterocycles. The smallest absolute Gasteiger partial charge is 0.00879 e. The molecule has 0 N–H and O–H groups in total. The molecule has 0 heteroatoms.